The number of carbonyl (C=O) groups excluding carboxylic acids is 1. The van der Waals surface area contributed by atoms with Crippen LogP contribution in [0.4, 0.5) is 0 Å². The third-order valence-electron chi connectivity index (χ3n) is 5.37. The lowest BCUT2D eigenvalue weighted by Crippen LogP contribution is -2.49. The van der Waals surface area contributed by atoms with Gasteiger partial charge in [-0.2, -0.15) is 0 Å². The number of aryl methyl sites for hydroxylation is 1. The Bertz CT molecular complexity index is 482. The average molecular weight is 286 g/mol. The Kier molecular flexibility index (Phi) is 4.29. The number of fused-ring (bicyclic) bond motifs is 2. The fourth-order valence-corrected chi connectivity index (χ4v) is 4.04. The highest BCUT2D eigenvalue weighted by Gasteiger charge is 2.40. The first-order valence-corrected chi connectivity index (χ1v) is 8.22. The van der Waals surface area contributed by atoms with E-state index < -0.39 is 0 Å². The van der Waals surface area contributed by atoms with E-state index >= 15 is 0 Å². The van der Waals surface area contributed by atoms with Crippen LogP contribution in [0.5, 0.6) is 0 Å². The minimum atomic E-state index is 0.172. The molecule has 0 aliphatic heterocycles. The number of nitrogens with two attached hydrogens (primary N) is 1. The standard InChI is InChI=1S/C18H26N2O/c1-12-5-7-13(8-6-12)11-20-18(21)16-9-14-3-2-4-15(10-16)17(14)19/h5-8,14-17H,2-4,9-11,19H2,1H3,(H,20,21). The van der Waals surface area contributed by atoms with Crippen LogP contribution in [-0.4, -0.2) is 11.9 Å². The molecule has 0 radical (unpaired) electrons. The smallest absolute Gasteiger partial charge is 0.223 e. The summed E-state index contributed by atoms with van der Waals surface area (Å²) in [5.74, 6) is 1.52. The van der Waals surface area contributed by atoms with Crippen LogP contribution in [0.3, 0.4) is 0 Å². The van der Waals surface area contributed by atoms with Gasteiger partial charge in [0.15, 0.2) is 0 Å². The minimum Gasteiger partial charge on any atom is -0.352 e. The van der Waals surface area contributed by atoms with E-state index in [4.69, 9.17) is 5.73 Å². The number of benzene rings is 1. The fraction of sp³-hybridized carbons (Fsp3) is 0.611. The number of amides is 1. The third kappa shape index (κ3) is 3.29. The van der Waals surface area contributed by atoms with Crippen molar-refractivity contribution in [3.05, 3.63) is 35.4 Å². The number of rotatable bonds is 3. The lowest BCUT2D eigenvalue weighted by Gasteiger charge is -2.43. The van der Waals surface area contributed by atoms with Crippen molar-refractivity contribution in [3.8, 4) is 0 Å². The van der Waals surface area contributed by atoms with Gasteiger partial charge >= 0.3 is 0 Å². The quantitative estimate of drug-likeness (QED) is 0.897. The lowest BCUT2D eigenvalue weighted by molar-refractivity contribution is -0.128. The predicted octanol–water partition coefficient (Wildman–Crippen LogP) is 2.76. The summed E-state index contributed by atoms with van der Waals surface area (Å²) in [6.45, 7) is 2.71. The Morgan fingerprint density at radius 1 is 1.19 bits per heavy atom. The van der Waals surface area contributed by atoms with Crippen molar-refractivity contribution >= 4 is 5.91 Å². The van der Waals surface area contributed by atoms with Crippen LogP contribution >= 0.6 is 0 Å². The van der Waals surface area contributed by atoms with Gasteiger partial charge in [0, 0.05) is 18.5 Å². The molecule has 0 aromatic heterocycles. The van der Waals surface area contributed by atoms with E-state index in [1.807, 2.05) is 0 Å². The van der Waals surface area contributed by atoms with E-state index in [-0.39, 0.29) is 11.8 Å². The molecule has 3 nitrogen and oxygen atoms in total. The molecule has 2 fully saturated rings. The molecule has 1 aromatic carbocycles. The lowest BCUT2D eigenvalue weighted by atomic mass is 9.65. The Balaban J connectivity index is 1.55. The van der Waals surface area contributed by atoms with Crippen molar-refractivity contribution in [2.45, 2.75) is 51.6 Å². The highest BCUT2D eigenvalue weighted by atomic mass is 16.1. The molecule has 3 heteroatoms. The molecule has 21 heavy (non-hydrogen) atoms. The van der Waals surface area contributed by atoms with Crippen molar-refractivity contribution in [2.75, 3.05) is 0 Å². The molecule has 2 unspecified atom stereocenters. The topological polar surface area (TPSA) is 55.1 Å². The number of hydrogen-bond acceptors (Lipinski definition) is 2. The van der Waals surface area contributed by atoms with Gasteiger partial charge in [0.25, 0.3) is 0 Å². The molecular weight excluding hydrogens is 260 g/mol. The van der Waals surface area contributed by atoms with E-state index in [1.54, 1.807) is 0 Å². The molecule has 2 atom stereocenters. The van der Waals surface area contributed by atoms with Crippen LogP contribution in [0.25, 0.3) is 0 Å². The van der Waals surface area contributed by atoms with Gasteiger partial charge in [0.2, 0.25) is 5.91 Å². The zero-order valence-electron chi connectivity index (χ0n) is 12.8. The summed E-state index contributed by atoms with van der Waals surface area (Å²) < 4.78 is 0. The van der Waals surface area contributed by atoms with Crippen molar-refractivity contribution in [2.24, 2.45) is 23.5 Å². The molecule has 1 amide bonds. The first-order valence-electron chi connectivity index (χ1n) is 8.22. The molecule has 2 bridgehead atoms. The van der Waals surface area contributed by atoms with Crippen molar-refractivity contribution in [3.63, 3.8) is 0 Å². The maximum absolute atomic E-state index is 12.4. The normalized spacial score (nSPS) is 31.7. The minimum absolute atomic E-state index is 0.172. The Labute approximate surface area is 127 Å². The van der Waals surface area contributed by atoms with E-state index in [9.17, 15) is 4.79 Å². The van der Waals surface area contributed by atoms with Gasteiger partial charge in [-0.15, -0.1) is 0 Å². The molecule has 0 heterocycles. The van der Waals surface area contributed by atoms with Crippen molar-refractivity contribution in [1.82, 2.24) is 5.32 Å². The zero-order chi connectivity index (χ0) is 14.8. The van der Waals surface area contributed by atoms with Gasteiger partial charge < -0.3 is 11.1 Å². The summed E-state index contributed by atoms with van der Waals surface area (Å²) in [5.41, 5.74) is 8.71. The van der Waals surface area contributed by atoms with Crippen molar-refractivity contribution < 1.29 is 4.79 Å². The summed E-state index contributed by atoms with van der Waals surface area (Å²) in [6.07, 6.45) is 5.67. The average Bonchev–Trinajstić information content (AvgIpc) is 2.46. The molecular formula is C18H26N2O. The van der Waals surface area contributed by atoms with Crippen LogP contribution in [-0.2, 0) is 11.3 Å². The Hall–Kier alpha value is -1.35. The highest BCUT2D eigenvalue weighted by Crippen LogP contribution is 2.41. The van der Waals surface area contributed by atoms with Crippen LogP contribution in [0.2, 0.25) is 0 Å². The van der Waals surface area contributed by atoms with Gasteiger partial charge in [-0.05, 0) is 50.0 Å². The number of hydrogen-bond donors (Lipinski definition) is 2. The van der Waals surface area contributed by atoms with E-state index in [0.717, 1.165) is 12.8 Å². The maximum atomic E-state index is 12.4. The molecule has 114 valence electrons. The van der Waals surface area contributed by atoms with Gasteiger partial charge in [-0.1, -0.05) is 36.2 Å². The molecule has 3 rings (SSSR count). The summed E-state index contributed by atoms with van der Waals surface area (Å²) in [5, 5.41) is 3.11. The van der Waals surface area contributed by atoms with E-state index in [2.05, 4.69) is 36.5 Å². The monoisotopic (exact) mass is 286 g/mol. The predicted molar refractivity (Wildman–Crippen MR) is 84.6 cm³/mol. The number of nitrogens with one attached hydrogen (secondary N) is 1. The van der Waals surface area contributed by atoms with Crippen LogP contribution < -0.4 is 11.1 Å². The Morgan fingerprint density at radius 2 is 1.81 bits per heavy atom. The maximum Gasteiger partial charge on any atom is 0.223 e. The van der Waals surface area contributed by atoms with E-state index in [1.165, 1.54) is 30.4 Å². The highest BCUT2D eigenvalue weighted by molar-refractivity contribution is 5.78. The summed E-state index contributed by atoms with van der Waals surface area (Å²) in [7, 11) is 0. The van der Waals surface area contributed by atoms with Crippen molar-refractivity contribution in [1.29, 1.82) is 0 Å². The third-order valence-corrected chi connectivity index (χ3v) is 5.37. The molecule has 0 spiro atoms. The second-order valence-electron chi connectivity index (χ2n) is 6.90. The fourth-order valence-electron chi connectivity index (χ4n) is 4.04. The first-order chi connectivity index (χ1) is 10.1. The van der Waals surface area contributed by atoms with Gasteiger partial charge in [-0.25, -0.2) is 0 Å². The molecule has 1 aromatic rings. The number of carbonyl (C=O) groups is 1. The molecule has 2 aliphatic rings. The zero-order valence-corrected chi connectivity index (χ0v) is 12.8. The Morgan fingerprint density at radius 3 is 2.43 bits per heavy atom. The van der Waals surface area contributed by atoms with Gasteiger partial charge in [-0.3, -0.25) is 4.79 Å². The summed E-state index contributed by atoms with van der Waals surface area (Å²) in [6, 6.07) is 8.68. The molecule has 2 saturated carbocycles. The molecule has 0 saturated heterocycles. The second-order valence-corrected chi connectivity index (χ2v) is 6.90. The summed E-state index contributed by atoms with van der Waals surface area (Å²) >= 11 is 0. The van der Waals surface area contributed by atoms with Gasteiger partial charge in [0.1, 0.15) is 0 Å². The largest absolute Gasteiger partial charge is 0.352 e. The van der Waals surface area contributed by atoms with Crippen LogP contribution in [0, 0.1) is 24.7 Å². The summed E-state index contributed by atoms with van der Waals surface area (Å²) in [4.78, 5) is 12.4. The van der Waals surface area contributed by atoms with Crippen LogP contribution in [0.1, 0.15) is 43.2 Å². The second kappa shape index (κ2) is 6.18. The molecule has 3 N–H and O–H groups in total. The molecule has 2 aliphatic carbocycles. The van der Waals surface area contributed by atoms with Gasteiger partial charge in [0.05, 0.1) is 0 Å². The first kappa shape index (κ1) is 14.6. The van der Waals surface area contributed by atoms with E-state index in [0.29, 0.717) is 24.4 Å². The SMILES string of the molecule is Cc1ccc(CNC(=O)C2CC3CCCC(C2)C3N)cc1. The van der Waals surface area contributed by atoms with Crippen LogP contribution in [0.15, 0.2) is 24.3 Å².